The number of hydrogen-bond donors (Lipinski definition) is 2. The van der Waals surface area contributed by atoms with Gasteiger partial charge in [-0.2, -0.15) is 0 Å². The van der Waals surface area contributed by atoms with Crippen LogP contribution in [0.1, 0.15) is 43.0 Å². The number of benzene rings is 1. The van der Waals surface area contributed by atoms with E-state index in [1.54, 1.807) is 25.1 Å². The normalized spacial score (nSPS) is 16.5. The standard InChI is InChI=1S/C15H19BrN2O3/c1-9(14(19)18-11-4-2-3-5-11)21-15(20)12-8-10(16)6-7-13(12)17/h6-9,11H,2-5,17H2,1H3,(H,18,19). The summed E-state index contributed by atoms with van der Waals surface area (Å²) in [5, 5.41) is 2.90. The second kappa shape index (κ2) is 6.93. The molecule has 1 unspecified atom stereocenters. The van der Waals surface area contributed by atoms with Gasteiger partial charge in [0.1, 0.15) is 0 Å². The van der Waals surface area contributed by atoms with Gasteiger partial charge < -0.3 is 15.8 Å². The Labute approximate surface area is 132 Å². The minimum atomic E-state index is -0.837. The number of halogens is 1. The van der Waals surface area contributed by atoms with E-state index in [1.165, 1.54) is 0 Å². The van der Waals surface area contributed by atoms with E-state index < -0.39 is 12.1 Å². The van der Waals surface area contributed by atoms with Crippen molar-refractivity contribution >= 4 is 33.5 Å². The second-order valence-electron chi connectivity index (χ2n) is 5.27. The zero-order chi connectivity index (χ0) is 15.4. The fourth-order valence-electron chi connectivity index (χ4n) is 2.37. The molecule has 21 heavy (non-hydrogen) atoms. The Hall–Kier alpha value is -1.56. The van der Waals surface area contributed by atoms with Crippen LogP contribution in [0.3, 0.4) is 0 Å². The summed E-state index contributed by atoms with van der Waals surface area (Å²) >= 11 is 3.28. The number of esters is 1. The molecular weight excluding hydrogens is 336 g/mol. The number of nitrogens with two attached hydrogens (primary N) is 1. The average molecular weight is 355 g/mol. The third-order valence-corrected chi connectivity index (χ3v) is 4.08. The van der Waals surface area contributed by atoms with Crippen LogP contribution in [-0.4, -0.2) is 24.0 Å². The van der Waals surface area contributed by atoms with Crippen LogP contribution in [0.15, 0.2) is 22.7 Å². The van der Waals surface area contributed by atoms with Gasteiger partial charge in [-0.15, -0.1) is 0 Å². The van der Waals surface area contributed by atoms with E-state index in [2.05, 4.69) is 21.2 Å². The molecule has 0 bridgehead atoms. The van der Waals surface area contributed by atoms with E-state index in [9.17, 15) is 9.59 Å². The van der Waals surface area contributed by atoms with Gasteiger partial charge in [0.25, 0.3) is 5.91 Å². The molecule has 0 saturated heterocycles. The highest BCUT2D eigenvalue weighted by atomic mass is 79.9. The van der Waals surface area contributed by atoms with Crippen LogP contribution < -0.4 is 11.1 Å². The van der Waals surface area contributed by atoms with Crippen LogP contribution in [0.5, 0.6) is 0 Å². The Morgan fingerprint density at radius 3 is 2.71 bits per heavy atom. The van der Waals surface area contributed by atoms with E-state index in [0.29, 0.717) is 5.69 Å². The fourth-order valence-corrected chi connectivity index (χ4v) is 2.73. The maximum absolute atomic E-state index is 12.1. The first-order valence-corrected chi connectivity index (χ1v) is 7.83. The molecule has 1 saturated carbocycles. The minimum Gasteiger partial charge on any atom is -0.449 e. The van der Waals surface area contributed by atoms with Gasteiger partial charge in [0, 0.05) is 16.2 Å². The number of anilines is 1. The Balaban J connectivity index is 1.94. The van der Waals surface area contributed by atoms with Crippen molar-refractivity contribution in [3.63, 3.8) is 0 Å². The van der Waals surface area contributed by atoms with Crippen LogP contribution in [-0.2, 0) is 9.53 Å². The largest absolute Gasteiger partial charge is 0.449 e. The van der Waals surface area contributed by atoms with Crippen LogP contribution in [0.4, 0.5) is 5.69 Å². The first kappa shape index (κ1) is 15.8. The Bertz CT molecular complexity index is 542. The molecule has 1 aromatic carbocycles. The highest BCUT2D eigenvalue weighted by molar-refractivity contribution is 9.10. The van der Waals surface area contributed by atoms with Crippen molar-refractivity contribution in [2.75, 3.05) is 5.73 Å². The number of carbonyl (C=O) groups excluding carboxylic acids is 2. The molecule has 0 aliphatic heterocycles. The lowest BCUT2D eigenvalue weighted by atomic mass is 10.2. The first-order valence-electron chi connectivity index (χ1n) is 7.03. The molecule has 0 aromatic heterocycles. The summed E-state index contributed by atoms with van der Waals surface area (Å²) in [6, 6.07) is 5.14. The molecule has 114 valence electrons. The van der Waals surface area contributed by atoms with E-state index in [-0.39, 0.29) is 17.5 Å². The number of ether oxygens (including phenoxy) is 1. The molecule has 6 heteroatoms. The van der Waals surface area contributed by atoms with Crippen molar-refractivity contribution in [3.05, 3.63) is 28.2 Å². The minimum absolute atomic E-state index is 0.203. The molecule has 0 spiro atoms. The van der Waals surface area contributed by atoms with Crippen LogP contribution in [0, 0.1) is 0 Å². The number of amides is 1. The Kier molecular flexibility index (Phi) is 5.22. The number of hydrogen-bond acceptors (Lipinski definition) is 4. The lowest BCUT2D eigenvalue weighted by Gasteiger charge is -2.17. The van der Waals surface area contributed by atoms with Gasteiger partial charge in [0.05, 0.1) is 5.56 Å². The smallest absolute Gasteiger partial charge is 0.341 e. The van der Waals surface area contributed by atoms with E-state index in [0.717, 1.165) is 30.2 Å². The fraction of sp³-hybridized carbons (Fsp3) is 0.467. The van der Waals surface area contributed by atoms with Crippen molar-refractivity contribution in [2.24, 2.45) is 0 Å². The molecule has 2 rings (SSSR count). The van der Waals surface area contributed by atoms with Gasteiger partial charge in [-0.05, 0) is 38.0 Å². The first-order chi connectivity index (χ1) is 9.97. The summed E-state index contributed by atoms with van der Waals surface area (Å²) < 4.78 is 5.92. The predicted octanol–water partition coefficient (Wildman–Crippen LogP) is 2.64. The molecule has 0 heterocycles. The monoisotopic (exact) mass is 354 g/mol. The topological polar surface area (TPSA) is 81.4 Å². The van der Waals surface area contributed by atoms with Gasteiger partial charge in [0.15, 0.2) is 6.10 Å². The molecule has 0 radical (unpaired) electrons. The van der Waals surface area contributed by atoms with Crippen LogP contribution >= 0.6 is 15.9 Å². The zero-order valence-electron chi connectivity index (χ0n) is 11.9. The number of rotatable bonds is 4. The second-order valence-corrected chi connectivity index (χ2v) is 6.18. The average Bonchev–Trinajstić information content (AvgIpc) is 2.94. The number of carbonyl (C=O) groups is 2. The number of nitrogens with one attached hydrogen (secondary N) is 1. The SMILES string of the molecule is CC(OC(=O)c1cc(Br)ccc1N)C(=O)NC1CCCC1. The predicted molar refractivity (Wildman–Crippen MR) is 83.8 cm³/mol. The molecule has 1 aliphatic carbocycles. The summed E-state index contributed by atoms with van der Waals surface area (Å²) in [6.07, 6.45) is 3.41. The van der Waals surface area contributed by atoms with E-state index >= 15 is 0 Å². The maximum Gasteiger partial charge on any atom is 0.341 e. The van der Waals surface area contributed by atoms with Crippen LogP contribution in [0.2, 0.25) is 0 Å². The third-order valence-electron chi connectivity index (χ3n) is 3.59. The highest BCUT2D eigenvalue weighted by Crippen LogP contribution is 2.20. The van der Waals surface area contributed by atoms with Gasteiger partial charge in [-0.25, -0.2) is 4.79 Å². The highest BCUT2D eigenvalue weighted by Gasteiger charge is 2.24. The summed E-state index contributed by atoms with van der Waals surface area (Å²) in [4.78, 5) is 24.1. The van der Waals surface area contributed by atoms with E-state index in [1.807, 2.05) is 0 Å². The lowest BCUT2D eigenvalue weighted by molar-refractivity contribution is -0.129. The summed E-state index contributed by atoms with van der Waals surface area (Å²) in [7, 11) is 0. The molecule has 1 aromatic rings. The molecule has 5 nitrogen and oxygen atoms in total. The third kappa shape index (κ3) is 4.20. The van der Waals surface area contributed by atoms with Gasteiger partial charge in [-0.3, -0.25) is 4.79 Å². The lowest BCUT2D eigenvalue weighted by Crippen LogP contribution is -2.40. The molecule has 1 aliphatic rings. The maximum atomic E-state index is 12.1. The van der Waals surface area contributed by atoms with Crippen LogP contribution in [0.25, 0.3) is 0 Å². The molecule has 1 fully saturated rings. The quantitative estimate of drug-likeness (QED) is 0.643. The van der Waals surface area contributed by atoms with E-state index in [4.69, 9.17) is 10.5 Å². The molecule has 1 amide bonds. The van der Waals surface area contributed by atoms with Crippen molar-refractivity contribution in [2.45, 2.75) is 44.8 Å². The summed E-state index contributed by atoms with van der Waals surface area (Å²) in [6.45, 7) is 1.57. The molecular formula is C15H19BrN2O3. The van der Waals surface area contributed by atoms with Crippen molar-refractivity contribution < 1.29 is 14.3 Å². The van der Waals surface area contributed by atoms with Gasteiger partial charge >= 0.3 is 5.97 Å². The molecule has 3 N–H and O–H groups in total. The number of nitrogen functional groups attached to an aromatic ring is 1. The van der Waals surface area contributed by atoms with Gasteiger partial charge in [0.2, 0.25) is 0 Å². The zero-order valence-corrected chi connectivity index (χ0v) is 13.5. The summed E-state index contributed by atoms with van der Waals surface area (Å²) in [5.74, 6) is -0.855. The Morgan fingerprint density at radius 1 is 1.38 bits per heavy atom. The van der Waals surface area contributed by atoms with Crippen molar-refractivity contribution in [1.29, 1.82) is 0 Å². The van der Waals surface area contributed by atoms with Gasteiger partial charge in [-0.1, -0.05) is 28.8 Å². The summed E-state index contributed by atoms with van der Waals surface area (Å²) in [5.41, 5.74) is 6.33. The van der Waals surface area contributed by atoms with Crippen molar-refractivity contribution in [3.8, 4) is 0 Å². The van der Waals surface area contributed by atoms with Crippen molar-refractivity contribution in [1.82, 2.24) is 5.32 Å². The molecule has 1 atom stereocenters. The Morgan fingerprint density at radius 2 is 2.05 bits per heavy atom.